The standard InChI is InChI=1S/C10H14O4/c1-10(2,3)14-9(12)5-8-4-7(11)6-13-8/h4H,5-6H2,1-3H3. The van der Waals surface area contributed by atoms with Crippen molar-refractivity contribution in [3.63, 3.8) is 0 Å². The first-order valence-electron chi connectivity index (χ1n) is 4.45. The highest BCUT2D eigenvalue weighted by Gasteiger charge is 2.21. The molecule has 0 spiro atoms. The molecule has 0 atom stereocenters. The monoisotopic (exact) mass is 198 g/mol. The van der Waals surface area contributed by atoms with Crippen LogP contribution in [-0.2, 0) is 19.1 Å². The van der Waals surface area contributed by atoms with Crippen LogP contribution >= 0.6 is 0 Å². The van der Waals surface area contributed by atoms with Gasteiger partial charge in [0.05, 0.1) is 0 Å². The van der Waals surface area contributed by atoms with E-state index in [1.54, 1.807) is 20.8 Å². The molecule has 4 nitrogen and oxygen atoms in total. The fourth-order valence-electron chi connectivity index (χ4n) is 1.05. The molecule has 0 unspecified atom stereocenters. The van der Waals surface area contributed by atoms with Crippen LogP contribution in [0.15, 0.2) is 11.8 Å². The Hall–Kier alpha value is -1.32. The Bertz CT molecular complexity index is 283. The lowest BCUT2D eigenvalue weighted by Crippen LogP contribution is -2.24. The molecule has 0 N–H and O–H groups in total. The molecule has 4 heteroatoms. The summed E-state index contributed by atoms with van der Waals surface area (Å²) >= 11 is 0. The Balaban J connectivity index is 2.42. The molecule has 0 bridgehead atoms. The molecule has 0 aliphatic carbocycles. The van der Waals surface area contributed by atoms with Gasteiger partial charge >= 0.3 is 5.97 Å². The van der Waals surface area contributed by atoms with Gasteiger partial charge in [-0.2, -0.15) is 0 Å². The normalized spacial score (nSPS) is 16.2. The van der Waals surface area contributed by atoms with Crippen molar-refractivity contribution in [1.82, 2.24) is 0 Å². The lowest BCUT2D eigenvalue weighted by atomic mass is 10.2. The summed E-state index contributed by atoms with van der Waals surface area (Å²) in [5, 5.41) is 0. The number of carbonyl (C=O) groups excluding carboxylic acids is 2. The summed E-state index contributed by atoms with van der Waals surface area (Å²) in [5.74, 6) is -0.0914. The van der Waals surface area contributed by atoms with Crippen LogP contribution in [0.2, 0.25) is 0 Å². The topological polar surface area (TPSA) is 52.6 Å². The van der Waals surface area contributed by atoms with Crippen LogP contribution in [0, 0.1) is 0 Å². The maximum Gasteiger partial charge on any atom is 0.313 e. The highest BCUT2D eigenvalue weighted by molar-refractivity contribution is 5.93. The fourth-order valence-corrected chi connectivity index (χ4v) is 1.05. The molecule has 1 aliphatic heterocycles. The Morgan fingerprint density at radius 1 is 1.57 bits per heavy atom. The summed E-state index contributed by atoms with van der Waals surface area (Å²) in [6, 6.07) is 0. The van der Waals surface area contributed by atoms with E-state index in [1.165, 1.54) is 6.08 Å². The maximum atomic E-state index is 11.3. The average molecular weight is 198 g/mol. The first-order valence-corrected chi connectivity index (χ1v) is 4.45. The van der Waals surface area contributed by atoms with Gasteiger partial charge in [0.15, 0.2) is 12.4 Å². The van der Waals surface area contributed by atoms with Crippen LogP contribution in [0.1, 0.15) is 27.2 Å². The molecule has 0 amide bonds. The van der Waals surface area contributed by atoms with E-state index >= 15 is 0 Å². The summed E-state index contributed by atoms with van der Waals surface area (Å²) < 4.78 is 10.0. The van der Waals surface area contributed by atoms with Crippen molar-refractivity contribution < 1.29 is 19.1 Å². The predicted octanol–water partition coefficient (Wildman–Crippen LogP) is 1.20. The van der Waals surface area contributed by atoms with Gasteiger partial charge in [0, 0.05) is 6.08 Å². The maximum absolute atomic E-state index is 11.3. The van der Waals surface area contributed by atoms with Gasteiger partial charge in [-0.3, -0.25) is 9.59 Å². The van der Waals surface area contributed by atoms with E-state index in [2.05, 4.69) is 0 Å². The lowest BCUT2D eigenvalue weighted by molar-refractivity contribution is -0.154. The summed E-state index contributed by atoms with van der Waals surface area (Å²) in [5.41, 5.74) is -0.500. The Morgan fingerprint density at radius 3 is 2.64 bits per heavy atom. The van der Waals surface area contributed by atoms with Crippen molar-refractivity contribution in [2.24, 2.45) is 0 Å². The van der Waals surface area contributed by atoms with Crippen LogP contribution in [0.25, 0.3) is 0 Å². The zero-order valence-corrected chi connectivity index (χ0v) is 8.62. The number of hydrogen-bond acceptors (Lipinski definition) is 4. The first kappa shape index (κ1) is 10.8. The fraction of sp³-hybridized carbons (Fsp3) is 0.600. The van der Waals surface area contributed by atoms with Crippen LogP contribution in [0.3, 0.4) is 0 Å². The molecule has 0 radical (unpaired) electrons. The van der Waals surface area contributed by atoms with Crippen molar-refractivity contribution in [2.75, 3.05) is 6.61 Å². The number of ether oxygens (including phenoxy) is 2. The first-order chi connectivity index (χ1) is 6.37. The van der Waals surface area contributed by atoms with Crippen LogP contribution < -0.4 is 0 Å². The number of rotatable bonds is 2. The van der Waals surface area contributed by atoms with Gasteiger partial charge in [-0.25, -0.2) is 0 Å². The van der Waals surface area contributed by atoms with E-state index < -0.39 is 5.60 Å². The van der Waals surface area contributed by atoms with E-state index in [9.17, 15) is 9.59 Å². The largest absolute Gasteiger partial charge is 0.489 e. The van der Waals surface area contributed by atoms with Crippen LogP contribution in [0.4, 0.5) is 0 Å². The van der Waals surface area contributed by atoms with E-state index in [0.717, 1.165) is 0 Å². The smallest absolute Gasteiger partial charge is 0.313 e. The van der Waals surface area contributed by atoms with Crippen molar-refractivity contribution in [2.45, 2.75) is 32.8 Å². The van der Waals surface area contributed by atoms with Gasteiger partial charge in [-0.1, -0.05) is 0 Å². The molecule has 78 valence electrons. The molecule has 0 saturated heterocycles. The van der Waals surface area contributed by atoms with Crippen molar-refractivity contribution in [3.8, 4) is 0 Å². The molecule has 0 aromatic rings. The molecule has 0 fully saturated rings. The summed E-state index contributed by atoms with van der Waals surface area (Å²) in [4.78, 5) is 22.0. The molecule has 1 rings (SSSR count). The summed E-state index contributed by atoms with van der Waals surface area (Å²) in [7, 11) is 0. The molecule has 0 aromatic heterocycles. The molecule has 0 saturated carbocycles. The van der Waals surface area contributed by atoms with Crippen molar-refractivity contribution in [3.05, 3.63) is 11.8 Å². The summed E-state index contributed by atoms with van der Waals surface area (Å²) in [6.45, 7) is 5.41. The summed E-state index contributed by atoms with van der Waals surface area (Å²) in [6.07, 6.45) is 1.37. The van der Waals surface area contributed by atoms with Gasteiger partial charge in [0.2, 0.25) is 0 Å². The van der Waals surface area contributed by atoms with E-state index in [1.807, 2.05) is 0 Å². The second kappa shape index (κ2) is 3.82. The molecular weight excluding hydrogens is 184 g/mol. The van der Waals surface area contributed by atoms with E-state index in [-0.39, 0.29) is 24.8 Å². The zero-order valence-electron chi connectivity index (χ0n) is 8.62. The van der Waals surface area contributed by atoms with Gasteiger partial charge in [0.1, 0.15) is 17.8 Å². The average Bonchev–Trinajstić information content (AvgIpc) is 2.30. The second-order valence-electron chi connectivity index (χ2n) is 4.13. The SMILES string of the molecule is CC(C)(C)OC(=O)CC1=CC(=O)CO1. The van der Waals surface area contributed by atoms with E-state index in [0.29, 0.717) is 5.76 Å². The van der Waals surface area contributed by atoms with Crippen molar-refractivity contribution in [1.29, 1.82) is 0 Å². The highest BCUT2D eigenvalue weighted by atomic mass is 16.6. The van der Waals surface area contributed by atoms with Crippen LogP contribution in [0.5, 0.6) is 0 Å². The Morgan fingerprint density at radius 2 is 2.21 bits per heavy atom. The minimum atomic E-state index is -0.500. The van der Waals surface area contributed by atoms with Crippen LogP contribution in [-0.4, -0.2) is 24.0 Å². The molecule has 14 heavy (non-hydrogen) atoms. The number of ketones is 1. The number of carbonyl (C=O) groups is 2. The van der Waals surface area contributed by atoms with Gasteiger partial charge in [0.25, 0.3) is 0 Å². The minimum absolute atomic E-state index is 0.0308. The van der Waals surface area contributed by atoms with Gasteiger partial charge in [-0.15, -0.1) is 0 Å². The van der Waals surface area contributed by atoms with Gasteiger partial charge < -0.3 is 9.47 Å². The number of esters is 1. The molecular formula is C10H14O4. The highest BCUT2D eigenvalue weighted by Crippen LogP contribution is 2.15. The predicted molar refractivity (Wildman–Crippen MR) is 49.5 cm³/mol. The molecule has 0 aromatic carbocycles. The quantitative estimate of drug-likeness (QED) is 0.625. The third-order valence-corrected chi connectivity index (χ3v) is 1.46. The Labute approximate surface area is 82.9 Å². The second-order valence-corrected chi connectivity index (χ2v) is 4.13. The molecule has 1 heterocycles. The Kier molecular flexibility index (Phi) is 2.93. The van der Waals surface area contributed by atoms with Gasteiger partial charge in [-0.05, 0) is 20.8 Å². The third kappa shape index (κ3) is 3.60. The lowest BCUT2D eigenvalue weighted by Gasteiger charge is -2.19. The van der Waals surface area contributed by atoms with Crippen molar-refractivity contribution >= 4 is 11.8 Å². The van der Waals surface area contributed by atoms with E-state index in [4.69, 9.17) is 9.47 Å². The number of hydrogen-bond donors (Lipinski definition) is 0. The third-order valence-electron chi connectivity index (χ3n) is 1.46. The zero-order chi connectivity index (χ0) is 10.8. The molecule has 1 aliphatic rings. The minimum Gasteiger partial charge on any atom is -0.489 e.